The van der Waals surface area contributed by atoms with Crippen LogP contribution in [0.3, 0.4) is 0 Å². The topological polar surface area (TPSA) is 105 Å². The van der Waals surface area contributed by atoms with E-state index in [4.69, 9.17) is 4.74 Å². The maximum atomic E-state index is 11.6. The zero-order valence-corrected chi connectivity index (χ0v) is 19.0. The molecule has 9 nitrogen and oxygen atoms in total. The Morgan fingerprint density at radius 1 is 1.00 bits per heavy atom. The lowest BCUT2D eigenvalue weighted by Crippen LogP contribution is -2.12. The lowest BCUT2D eigenvalue weighted by molar-refractivity contribution is -0.114. The van der Waals surface area contributed by atoms with Crippen molar-refractivity contribution in [3.8, 4) is 16.9 Å². The first-order valence-electron chi connectivity index (χ1n) is 10.3. The largest absolute Gasteiger partial charge is 0.494 e. The molecule has 0 atom stereocenters. The number of hydrogen-bond donors (Lipinski definition) is 2. The number of ether oxygens (including phenoxy) is 1. The molecule has 0 bridgehead atoms. The van der Waals surface area contributed by atoms with Crippen molar-refractivity contribution < 1.29 is 9.53 Å². The third-order valence-corrected chi connectivity index (χ3v) is 4.83. The predicted molar refractivity (Wildman–Crippen MR) is 129 cm³/mol. The lowest BCUT2D eigenvalue weighted by Gasteiger charge is -2.15. The van der Waals surface area contributed by atoms with Gasteiger partial charge in [0, 0.05) is 54.4 Å². The van der Waals surface area contributed by atoms with Crippen molar-refractivity contribution in [2.24, 2.45) is 0 Å². The molecule has 2 aromatic heterocycles. The fourth-order valence-electron chi connectivity index (χ4n) is 3.57. The molecular weight excluding hydrogens is 418 g/mol. The van der Waals surface area contributed by atoms with E-state index in [1.165, 1.54) is 13.3 Å². The van der Waals surface area contributed by atoms with Crippen molar-refractivity contribution in [1.29, 1.82) is 0 Å². The number of hydrogen-bond acceptors (Lipinski definition) is 8. The van der Waals surface area contributed by atoms with E-state index in [1.807, 2.05) is 44.4 Å². The first-order chi connectivity index (χ1) is 15.9. The number of carbonyl (C=O) groups excluding carboxylic acids is 1. The molecule has 0 radical (unpaired) electrons. The van der Waals surface area contributed by atoms with E-state index in [-0.39, 0.29) is 5.91 Å². The molecular formula is C24H25N7O2. The first-order valence-corrected chi connectivity index (χ1v) is 10.3. The normalized spacial score (nSPS) is 10.9. The summed E-state index contributed by atoms with van der Waals surface area (Å²) in [6, 6.07) is 9.70. The fraction of sp³-hybridized carbons (Fsp3) is 0.208. The number of fused-ring (bicyclic) bond motifs is 1. The van der Waals surface area contributed by atoms with Crippen molar-refractivity contribution in [3.63, 3.8) is 0 Å². The summed E-state index contributed by atoms with van der Waals surface area (Å²) in [6.45, 7) is 2.21. The van der Waals surface area contributed by atoms with Gasteiger partial charge in [-0.2, -0.15) is 0 Å². The first kappa shape index (κ1) is 22.1. The van der Waals surface area contributed by atoms with Crippen molar-refractivity contribution >= 4 is 34.1 Å². The Labute approximate surface area is 191 Å². The Morgan fingerprint density at radius 3 is 2.45 bits per heavy atom. The number of benzene rings is 2. The monoisotopic (exact) mass is 443 g/mol. The minimum Gasteiger partial charge on any atom is -0.494 e. The summed E-state index contributed by atoms with van der Waals surface area (Å²) in [5, 5.41) is 6.93. The van der Waals surface area contributed by atoms with Gasteiger partial charge < -0.3 is 20.3 Å². The van der Waals surface area contributed by atoms with Gasteiger partial charge in [0.1, 0.15) is 17.6 Å². The highest BCUT2D eigenvalue weighted by molar-refractivity contribution is 5.91. The van der Waals surface area contributed by atoms with Crippen LogP contribution in [-0.2, 0) is 11.3 Å². The van der Waals surface area contributed by atoms with Crippen LogP contribution in [0.4, 0.5) is 17.3 Å². The smallest absolute Gasteiger partial charge is 0.227 e. The highest BCUT2D eigenvalue weighted by Crippen LogP contribution is 2.32. The van der Waals surface area contributed by atoms with Gasteiger partial charge in [-0.25, -0.2) is 19.9 Å². The van der Waals surface area contributed by atoms with Gasteiger partial charge in [0.2, 0.25) is 11.9 Å². The van der Waals surface area contributed by atoms with Crippen LogP contribution in [0.2, 0.25) is 0 Å². The van der Waals surface area contributed by atoms with Gasteiger partial charge in [-0.3, -0.25) is 4.79 Å². The zero-order chi connectivity index (χ0) is 23.4. The molecule has 0 aliphatic carbocycles. The summed E-state index contributed by atoms with van der Waals surface area (Å²) >= 11 is 0. The number of nitrogens with zero attached hydrogens (tertiary/aromatic N) is 5. The van der Waals surface area contributed by atoms with E-state index in [0.29, 0.717) is 22.9 Å². The van der Waals surface area contributed by atoms with E-state index in [9.17, 15) is 4.79 Å². The quantitative estimate of drug-likeness (QED) is 0.444. The van der Waals surface area contributed by atoms with E-state index >= 15 is 0 Å². The molecule has 4 rings (SSSR count). The molecule has 4 aromatic rings. The van der Waals surface area contributed by atoms with E-state index in [1.54, 1.807) is 25.7 Å². The standard InChI is InChI=1S/C24H25N7O2/c1-15(32)28-20-5-16(13-31(2)3)6-21(9-20)29-24-27-12-18-7-17(19-10-25-14-26-11-19)8-22(33-4)23(18)30-24/h5-12,14H,13H2,1-4H3,(H,28,32)(H,27,29,30). The van der Waals surface area contributed by atoms with Crippen molar-refractivity contribution in [3.05, 3.63) is 60.8 Å². The summed E-state index contributed by atoms with van der Waals surface area (Å²) in [5.41, 5.74) is 5.00. The Kier molecular flexibility index (Phi) is 6.41. The molecule has 0 spiro atoms. The number of amides is 1. The number of methoxy groups -OCH3 is 1. The van der Waals surface area contributed by atoms with E-state index < -0.39 is 0 Å². The van der Waals surface area contributed by atoms with Gasteiger partial charge in [0.05, 0.1) is 7.11 Å². The van der Waals surface area contributed by atoms with Crippen molar-refractivity contribution in [2.45, 2.75) is 13.5 Å². The van der Waals surface area contributed by atoms with Crippen LogP contribution in [0, 0.1) is 0 Å². The third-order valence-electron chi connectivity index (χ3n) is 4.83. The van der Waals surface area contributed by atoms with Gasteiger partial charge in [-0.1, -0.05) is 0 Å². The summed E-state index contributed by atoms with van der Waals surface area (Å²) < 4.78 is 5.61. The minimum absolute atomic E-state index is 0.130. The lowest BCUT2D eigenvalue weighted by atomic mass is 10.1. The Bertz CT molecular complexity index is 1290. The van der Waals surface area contributed by atoms with Crippen LogP contribution < -0.4 is 15.4 Å². The maximum Gasteiger partial charge on any atom is 0.227 e. The summed E-state index contributed by atoms with van der Waals surface area (Å²) in [4.78, 5) is 31.0. The fourth-order valence-corrected chi connectivity index (χ4v) is 3.57. The second-order valence-corrected chi connectivity index (χ2v) is 7.90. The SMILES string of the molecule is COc1cc(-c2cncnc2)cc2cnc(Nc3cc(CN(C)C)cc(NC(C)=O)c3)nc12. The van der Waals surface area contributed by atoms with Gasteiger partial charge in [0.15, 0.2) is 0 Å². The molecule has 0 unspecified atom stereocenters. The Morgan fingerprint density at radius 2 is 1.76 bits per heavy atom. The van der Waals surface area contributed by atoms with Gasteiger partial charge in [-0.05, 0) is 55.6 Å². The molecule has 33 heavy (non-hydrogen) atoms. The molecule has 0 saturated carbocycles. The second kappa shape index (κ2) is 9.58. The van der Waals surface area contributed by atoms with Crippen molar-refractivity contribution in [2.75, 3.05) is 31.8 Å². The number of anilines is 3. The highest BCUT2D eigenvalue weighted by Gasteiger charge is 2.11. The molecule has 9 heteroatoms. The Balaban J connectivity index is 1.70. The average molecular weight is 444 g/mol. The minimum atomic E-state index is -0.130. The molecule has 0 saturated heterocycles. The van der Waals surface area contributed by atoms with Gasteiger partial charge in [0.25, 0.3) is 0 Å². The van der Waals surface area contributed by atoms with Crippen molar-refractivity contribution in [1.82, 2.24) is 24.8 Å². The molecule has 0 aliphatic rings. The van der Waals surface area contributed by atoms with Crippen LogP contribution in [-0.4, -0.2) is 51.9 Å². The highest BCUT2D eigenvalue weighted by atomic mass is 16.5. The molecule has 1 amide bonds. The predicted octanol–water partition coefficient (Wildman–Crippen LogP) is 3.86. The molecule has 2 aromatic carbocycles. The molecule has 2 N–H and O–H groups in total. The molecule has 2 heterocycles. The second-order valence-electron chi connectivity index (χ2n) is 7.90. The van der Waals surface area contributed by atoms with Gasteiger partial charge in [-0.15, -0.1) is 0 Å². The van der Waals surface area contributed by atoms with Crippen LogP contribution in [0.25, 0.3) is 22.0 Å². The number of carbonyl (C=O) groups is 1. The summed E-state index contributed by atoms with van der Waals surface area (Å²) in [5.74, 6) is 0.915. The van der Waals surface area contributed by atoms with Crippen LogP contribution in [0.1, 0.15) is 12.5 Å². The zero-order valence-electron chi connectivity index (χ0n) is 19.0. The van der Waals surface area contributed by atoms with Gasteiger partial charge >= 0.3 is 0 Å². The number of aromatic nitrogens is 4. The molecule has 168 valence electrons. The van der Waals surface area contributed by atoms with E-state index in [0.717, 1.165) is 34.3 Å². The summed E-state index contributed by atoms with van der Waals surface area (Å²) in [7, 11) is 5.60. The average Bonchev–Trinajstić information content (AvgIpc) is 2.78. The molecule has 0 aliphatic heterocycles. The number of rotatable bonds is 7. The van der Waals surface area contributed by atoms with Crippen LogP contribution in [0.5, 0.6) is 5.75 Å². The van der Waals surface area contributed by atoms with E-state index in [2.05, 4.69) is 35.5 Å². The maximum absolute atomic E-state index is 11.6. The molecule has 0 fully saturated rings. The number of nitrogens with one attached hydrogen (secondary N) is 2. The summed E-state index contributed by atoms with van der Waals surface area (Å²) in [6.07, 6.45) is 6.74. The third kappa shape index (κ3) is 5.39. The van der Waals surface area contributed by atoms with Crippen LogP contribution in [0.15, 0.2) is 55.2 Å². The Hall–Kier alpha value is -4.11. The van der Waals surface area contributed by atoms with Crippen LogP contribution >= 0.6 is 0 Å².